The van der Waals surface area contributed by atoms with E-state index in [2.05, 4.69) is 11.9 Å². The molecule has 26 heavy (non-hydrogen) atoms. The van der Waals surface area contributed by atoms with Gasteiger partial charge in [-0.15, -0.1) is 0 Å². The first kappa shape index (κ1) is 18.2. The number of fused-ring (bicyclic) bond motifs is 1. The van der Waals surface area contributed by atoms with Crippen molar-refractivity contribution in [2.24, 2.45) is 5.92 Å². The number of carbonyl (C=O) groups is 3. The van der Waals surface area contributed by atoms with Gasteiger partial charge in [0.2, 0.25) is 17.7 Å². The molecule has 0 bridgehead atoms. The van der Waals surface area contributed by atoms with E-state index in [4.69, 9.17) is 0 Å². The molecular weight excluding hydrogens is 330 g/mol. The number of benzene rings is 1. The second-order valence-corrected chi connectivity index (χ2v) is 6.96. The smallest absolute Gasteiger partial charge is 0.245 e. The monoisotopic (exact) mass is 355 g/mol. The number of carbonyl (C=O) groups excluding carboxylic acids is 3. The molecule has 3 rings (SSSR count). The van der Waals surface area contributed by atoms with Crippen molar-refractivity contribution in [3.05, 3.63) is 42.0 Å². The van der Waals surface area contributed by atoms with E-state index in [1.165, 1.54) is 18.6 Å². The van der Waals surface area contributed by atoms with Gasteiger partial charge in [0, 0.05) is 38.8 Å². The minimum absolute atomic E-state index is 0.0924. The maximum Gasteiger partial charge on any atom is 0.245 e. The quantitative estimate of drug-likeness (QED) is 0.843. The first-order valence-corrected chi connectivity index (χ1v) is 9.08. The second kappa shape index (κ2) is 7.72. The Morgan fingerprint density at radius 3 is 2.77 bits per heavy atom. The highest BCUT2D eigenvalue weighted by atomic mass is 16.2. The Morgan fingerprint density at radius 1 is 1.23 bits per heavy atom. The summed E-state index contributed by atoms with van der Waals surface area (Å²) in [4.78, 5) is 39.9. The number of amides is 3. The molecule has 1 saturated heterocycles. The molecule has 0 saturated carbocycles. The molecule has 0 aromatic heterocycles. The molecule has 6 heteroatoms. The summed E-state index contributed by atoms with van der Waals surface area (Å²) in [5, 5.41) is 2.86. The van der Waals surface area contributed by atoms with Gasteiger partial charge in [0.05, 0.1) is 5.92 Å². The molecule has 0 spiro atoms. The van der Waals surface area contributed by atoms with Crippen LogP contribution in [0.15, 0.2) is 30.9 Å². The lowest BCUT2D eigenvalue weighted by atomic mass is 9.93. The molecule has 1 N–H and O–H groups in total. The summed E-state index contributed by atoms with van der Waals surface area (Å²) in [6.45, 7) is 7.33. The van der Waals surface area contributed by atoms with Gasteiger partial charge in [0.25, 0.3) is 0 Å². The van der Waals surface area contributed by atoms with Gasteiger partial charge in [0.15, 0.2) is 0 Å². The van der Waals surface area contributed by atoms with Gasteiger partial charge in [-0.3, -0.25) is 14.4 Å². The van der Waals surface area contributed by atoms with E-state index >= 15 is 0 Å². The number of rotatable bonds is 3. The molecule has 2 aliphatic heterocycles. The van der Waals surface area contributed by atoms with Crippen LogP contribution in [0.25, 0.3) is 0 Å². The fourth-order valence-corrected chi connectivity index (χ4v) is 3.84. The Morgan fingerprint density at radius 2 is 2.04 bits per heavy atom. The maximum absolute atomic E-state index is 13.0. The third kappa shape index (κ3) is 3.79. The number of piperidine rings is 1. The number of anilines is 1. The molecule has 1 aromatic rings. The molecule has 0 aliphatic carbocycles. The summed E-state index contributed by atoms with van der Waals surface area (Å²) in [7, 11) is 0. The highest BCUT2D eigenvalue weighted by Gasteiger charge is 2.32. The van der Waals surface area contributed by atoms with Crippen molar-refractivity contribution in [2.45, 2.75) is 32.7 Å². The summed E-state index contributed by atoms with van der Waals surface area (Å²) in [5.74, 6) is -0.302. The lowest BCUT2D eigenvalue weighted by molar-refractivity contribution is -0.140. The molecule has 1 unspecified atom stereocenters. The largest absolute Gasteiger partial charge is 0.338 e. The van der Waals surface area contributed by atoms with Gasteiger partial charge in [-0.25, -0.2) is 0 Å². The topological polar surface area (TPSA) is 69.7 Å². The van der Waals surface area contributed by atoms with Crippen molar-refractivity contribution < 1.29 is 14.4 Å². The summed E-state index contributed by atoms with van der Waals surface area (Å²) in [5.41, 5.74) is 2.96. The van der Waals surface area contributed by atoms with Crippen LogP contribution in [0.2, 0.25) is 0 Å². The van der Waals surface area contributed by atoms with Gasteiger partial charge in [-0.2, -0.15) is 0 Å². The molecule has 138 valence electrons. The van der Waals surface area contributed by atoms with E-state index in [9.17, 15) is 14.4 Å². The third-order valence-electron chi connectivity index (χ3n) is 5.15. The van der Waals surface area contributed by atoms with Crippen molar-refractivity contribution in [1.82, 2.24) is 9.80 Å². The zero-order valence-electron chi connectivity index (χ0n) is 15.2. The molecule has 2 aliphatic rings. The number of nitrogens with zero attached hydrogens (tertiary/aromatic N) is 2. The van der Waals surface area contributed by atoms with E-state index < -0.39 is 0 Å². The summed E-state index contributed by atoms with van der Waals surface area (Å²) in [6, 6.07) is 5.86. The van der Waals surface area contributed by atoms with Gasteiger partial charge in [-0.1, -0.05) is 18.7 Å². The maximum atomic E-state index is 13.0. The normalized spacial score (nSPS) is 19.5. The molecule has 1 atom stereocenters. The highest BCUT2D eigenvalue weighted by Crippen LogP contribution is 2.28. The van der Waals surface area contributed by atoms with Crippen molar-refractivity contribution in [3.63, 3.8) is 0 Å². The molecule has 0 radical (unpaired) electrons. The number of likely N-dealkylation sites (tertiary alicyclic amines) is 1. The fourth-order valence-electron chi connectivity index (χ4n) is 3.84. The number of nitrogens with one attached hydrogen (secondary N) is 1. The van der Waals surface area contributed by atoms with Crippen molar-refractivity contribution in [2.75, 3.05) is 25.0 Å². The molecule has 3 amide bonds. The van der Waals surface area contributed by atoms with Gasteiger partial charge in [0.1, 0.15) is 0 Å². The number of hydrogen-bond donors (Lipinski definition) is 1. The van der Waals surface area contributed by atoms with Crippen LogP contribution in [0.4, 0.5) is 5.69 Å². The highest BCUT2D eigenvalue weighted by molar-refractivity contribution is 5.90. The van der Waals surface area contributed by atoms with E-state index in [0.29, 0.717) is 26.2 Å². The predicted molar refractivity (Wildman–Crippen MR) is 99.4 cm³/mol. The summed E-state index contributed by atoms with van der Waals surface area (Å²) >= 11 is 0. The molecular formula is C20H25N3O3. The summed E-state index contributed by atoms with van der Waals surface area (Å²) in [6.07, 6.45) is 3.72. The average Bonchev–Trinajstić information content (AvgIpc) is 2.66. The SMILES string of the molecule is C=CC(=O)N1CCCC(C(=O)N2CCc3cccc(NC(C)=O)c3C2)C1. The van der Waals surface area contributed by atoms with Crippen LogP contribution in [0.3, 0.4) is 0 Å². The predicted octanol–water partition coefficient (Wildman–Crippen LogP) is 1.95. The third-order valence-corrected chi connectivity index (χ3v) is 5.15. The molecule has 1 aromatic carbocycles. The van der Waals surface area contributed by atoms with Crippen LogP contribution < -0.4 is 5.32 Å². The minimum Gasteiger partial charge on any atom is -0.338 e. The summed E-state index contributed by atoms with van der Waals surface area (Å²) < 4.78 is 0. The van der Waals surface area contributed by atoms with E-state index in [-0.39, 0.29) is 23.6 Å². The van der Waals surface area contributed by atoms with E-state index in [1.54, 1.807) is 4.90 Å². The molecule has 2 heterocycles. The molecule has 1 fully saturated rings. The van der Waals surface area contributed by atoms with E-state index in [0.717, 1.165) is 30.5 Å². The van der Waals surface area contributed by atoms with Gasteiger partial charge < -0.3 is 15.1 Å². The standard InChI is InChI=1S/C20H25N3O3/c1-3-19(25)22-10-5-7-16(12-22)20(26)23-11-9-15-6-4-8-18(17(15)13-23)21-14(2)24/h3-4,6,8,16H,1,5,7,9-13H2,2H3,(H,21,24). The van der Waals surface area contributed by atoms with Crippen LogP contribution in [-0.4, -0.2) is 47.2 Å². The minimum atomic E-state index is -0.165. The molecule has 6 nitrogen and oxygen atoms in total. The lowest BCUT2D eigenvalue weighted by Crippen LogP contribution is -2.47. The van der Waals surface area contributed by atoms with E-state index in [1.807, 2.05) is 23.1 Å². The Labute approximate surface area is 153 Å². The zero-order valence-corrected chi connectivity index (χ0v) is 15.2. The Balaban J connectivity index is 1.73. The fraction of sp³-hybridized carbons (Fsp3) is 0.450. The van der Waals surface area contributed by atoms with Gasteiger partial charge in [-0.05, 0) is 42.5 Å². The van der Waals surface area contributed by atoms with Gasteiger partial charge >= 0.3 is 0 Å². The Kier molecular flexibility index (Phi) is 5.40. The van der Waals surface area contributed by atoms with Crippen molar-refractivity contribution >= 4 is 23.4 Å². The van der Waals surface area contributed by atoms with Crippen LogP contribution in [0.1, 0.15) is 30.9 Å². The lowest BCUT2D eigenvalue weighted by Gasteiger charge is -2.37. The van der Waals surface area contributed by atoms with Crippen LogP contribution >= 0.6 is 0 Å². The Hall–Kier alpha value is -2.63. The Bertz CT molecular complexity index is 744. The number of hydrogen-bond acceptors (Lipinski definition) is 3. The second-order valence-electron chi connectivity index (χ2n) is 6.96. The van der Waals surface area contributed by atoms with Crippen LogP contribution in [0, 0.1) is 5.92 Å². The zero-order chi connectivity index (χ0) is 18.7. The van der Waals surface area contributed by atoms with Crippen molar-refractivity contribution in [3.8, 4) is 0 Å². The van der Waals surface area contributed by atoms with Crippen molar-refractivity contribution in [1.29, 1.82) is 0 Å². The average molecular weight is 355 g/mol. The first-order valence-electron chi connectivity index (χ1n) is 9.08. The van der Waals surface area contributed by atoms with Crippen LogP contribution in [-0.2, 0) is 27.3 Å². The van der Waals surface area contributed by atoms with Crippen LogP contribution in [0.5, 0.6) is 0 Å². The first-order chi connectivity index (χ1) is 12.5.